The number of nitrogens with zero attached hydrogens (tertiary/aromatic N) is 3. The van der Waals surface area contributed by atoms with Gasteiger partial charge in [-0.3, -0.25) is 4.90 Å². The third-order valence-corrected chi connectivity index (χ3v) is 4.26. The fraction of sp³-hybridized carbons (Fsp3) is 0.706. The first-order valence-corrected chi connectivity index (χ1v) is 8.21. The highest BCUT2D eigenvalue weighted by Gasteiger charge is 2.23. The van der Waals surface area contributed by atoms with Crippen molar-refractivity contribution in [2.24, 2.45) is 5.92 Å². The molecule has 4 nitrogen and oxygen atoms in total. The van der Waals surface area contributed by atoms with Crippen LogP contribution in [0.25, 0.3) is 0 Å². The second kappa shape index (κ2) is 7.76. The van der Waals surface area contributed by atoms with Crippen molar-refractivity contribution in [3.05, 3.63) is 23.9 Å². The molecule has 1 aromatic heterocycles. The van der Waals surface area contributed by atoms with Gasteiger partial charge >= 0.3 is 0 Å². The zero-order valence-corrected chi connectivity index (χ0v) is 14.0. The van der Waals surface area contributed by atoms with E-state index in [9.17, 15) is 0 Å². The number of hydrogen-bond donors (Lipinski definition) is 1. The van der Waals surface area contributed by atoms with E-state index < -0.39 is 0 Å². The first-order chi connectivity index (χ1) is 10.1. The molecule has 0 saturated carbocycles. The summed E-state index contributed by atoms with van der Waals surface area (Å²) in [5, 5.41) is 3.50. The molecule has 21 heavy (non-hydrogen) atoms. The zero-order valence-electron chi connectivity index (χ0n) is 14.0. The molecule has 0 bridgehead atoms. The maximum atomic E-state index is 4.58. The lowest BCUT2D eigenvalue weighted by Crippen LogP contribution is -2.51. The second-order valence-corrected chi connectivity index (χ2v) is 6.54. The van der Waals surface area contributed by atoms with Gasteiger partial charge in [-0.15, -0.1) is 0 Å². The van der Waals surface area contributed by atoms with E-state index in [4.69, 9.17) is 0 Å². The Labute approximate surface area is 129 Å². The van der Waals surface area contributed by atoms with Crippen LogP contribution in [0.3, 0.4) is 0 Å². The van der Waals surface area contributed by atoms with Crippen LogP contribution in [0.2, 0.25) is 0 Å². The van der Waals surface area contributed by atoms with Crippen molar-refractivity contribution in [1.29, 1.82) is 0 Å². The number of anilines is 1. The normalized spacial score (nSPS) is 20.2. The zero-order chi connectivity index (χ0) is 15.2. The van der Waals surface area contributed by atoms with E-state index in [0.29, 0.717) is 12.0 Å². The number of nitrogens with one attached hydrogen (secondary N) is 1. The summed E-state index contributed by atoms with van der Waals surface area (Å²) in [4.78, 5) is 9.47. The number of likely N-dealkylation sites (N-methyl/N-ethyl adjacent to an activating group) is 1. The quantitative estimate of drug-likeness (QED) is 0.871. The van der Waals surface area contributed by atoms with Crippen LogP contribution in [0, 0.1) is 5.92 Å². The molecule has 1 atom stereocenters. The fourth-order valence-electron chi connectivity index (χ4n) is 2.84. The summed E-state index contributed by atoms with van der Waals surface area (Å²) in [7, 11) is 2.23. The molecule has 0 aromatic carbocycles. The molecule has 4 heteroatoms. The highest BCUT2D eigenvalue weighted by atomic mass is 15.3. The number of piperazine rings is 1. The van der Waals surface area contributed by atoms with Crippen molar-refractivity contribution in [1.82, 2.24) is 15.2 Å². The van der Waals surface area contributed by atoms with Gasteiger partial charge < -0.3 is 10.2 Å². The summed E-state index contributed by atoms with van der Waals surface area (Å²) in [6, 6.07) is 5.00. The number of hydrogen-bond acceptors (Lipinski definition) is 4. The first kappa shape index (κ1) is 16.2. The van der Waals surface area contributed by atoms with Gasteiger partial charge in [0.15, 0.2) is 0 Å². The summed E-state index contributed by atoms with van der Waals surface area (Å²) >= 11 is 0. The minimum absolute atomic E-state index is 0.642. The van der Waals surface area contributed by atoms with Gasteiger partial charge in [0.05, 0.1) is 0 Å². The summed E-state index contributed by atoms with van der Waals surface area (Å²) in [5.74, 6) is 1.82. The van der Waals surface area contributed by atoms with Crippen LogP contribution in [-0.4, -0.2) is 49.2 Å². The van der Waals surface area contributed by atoms with E-state index in [2.05, 4.69) is 60.1 Å². The van der Waals surface area contributed by atoms with Gasteiger partial charge in [0, 0.05) is 38.4 Å². The highest BCUT2D eigenvalue weighted by molar-refractivity contribution is 5.41. The largest absolute Gasteiger partial charge is 0.354 e. The van der Waals surface area contributed by atoms with Crippen molar-refractivity contribution in [2.75, 3.05) is 38.1 Å². The van der Waals surface area contributed by atoms with Gasteiger partial charge in [0.25, 0.3) is 0 Å². The lowest BCUT2D eigenvalue weighted by molar-refractivity contribution is 0.213. The van der Waals surface area contributed by atoms with Crippen molar-refractivity contribution < 1.29 is 0 Å². The summed E-state index contributed by atoms with van der Waals surface area (Å²) < 4.78 is 0. The third kappa shape index (κ3) is 4.68. The lowest BCUT2D eigenvalue weighted by atomic mass is 10.1. The van der Waals surface area contributed by atoms with Crippen LogP contribution in [0.1, 0.15) is 32.8 Å². The standard InChI is InChI=1S/C17H30N4/c1-5-16-13-21(9-8-20(16)4)17-10-15(6-7-19-17)12-18-11-14(2)3/h6-7,10,14,16,18H,5,8-9,11-13H2,1-4H3. The Morgan fingerprint density at radius 2 is 2.19 bits per heavy atom. The molecule has 1 aliphatic rings. The van der Waals surface area contributed by atoms with E-state index in [-0.39, 0.29) is 0 Å². The third-order valence-electron chi connectivity index (χ3n) is 4.26. The van der Waals surface area contributed by atoms with Gasteiger partial charge in [0.2, 0.25) is 0 Å². The van der Waals surface area contributed by atoms with E-state index in [0.717, 1.165) is 38.5 Å². The molecular weight excluding hydrogens is 260 g/mol. The molecule has 0 amide bonds. The first-order valence-electron chi connectivity index (χ1n) is 8.21. The van der Waals surface area contributed by atoms with Crippen LogP contribution in [0.15, 0.2) is 18.3 Å². The smallest absolute Gasteiger partial charge is 0.128 e. The Morgan fingerprint density at radius 1 is 1.38 bits per heavy atom. The summed E-state index contributed by atoms with van der Waals surface area (Å²) in [6.07, 6.45) is 3.14. The molecule has 0 spiro atoms. The molecule has 1 unspecified atom stereocenters. The molecular formula is C17H30N4. The molecule has 2 heterocycles. The van der Waals surface area contributed by atoms with Gasteiger partial charge in [-0.2, -0.15) is 0 Å². The Bertz CT molecular complexity index is 433. The number of rotatable bonds is 6. The minimum Gasteiger partial charge on any atom is -0.354 e. The Kier molecular flexibility index (Phi) is 6.00. The van der Waals surface area contributed by atoms with E-state index in [1.807, 2.05) is 6.20 Å². The molecule has 0 radical (unpaired) electrons. The van der Waals surface area contributed by atoms with E-state index >= 15 is 0 Å². The summed E-state index contributed by atoms with van der Waals surface area (Å²) in [6.45, 7) is 12.0. The van der Waals surface area contributed by atoms with Crippen LogP contribution in [-0.2, 0) is 6.54 Å². The predicted molar refractivity (Wildman–Crippen MR) is 89.7 cm³/mol. The second-order valence-electron chi connectivity index (χ2n) is 6.54. The monoisotopic (exact) mass is 290 g/mol. The molecule has 0 aliphatic carbocycles. The van der Waals surface area contributed by atoms with Crippen molar-refractivity contribution in [2.45, 2.75) is 39.8 Å². The number of aromatic nitrogens is 1. The van der Waals surface area contributed by atoms with Crippen LogP contribution >= 0.6 is 0 Å². The Morgan fingerprint density at radius 3 is 2.90 bits per heavy atom. The lowest BCUT2D eigenvalue weighted by Gasteiger charge is -2.39. The number of pyridine rings is 1. The molecule has 1 aliphatic heterocycles. The topological polar surface area (TPSA) is 31.4 Å². The van der Waals surface area contributed by atoms with Gasteiger partial charge in [-0.1, -0.05) is 20.8 Å². The minimum atomic E-state index is 0.642. The van der Waals surface area contributed by atoms with Crippen molar-refractivity contribution in [3.8, 4) is 0 Å². The van der Waals surface area contributed by atoms with E-state index in [1.54, 1.807) is 0 Å². The molecule has 1 N–H and O–H groups in total. The molecule has 118 valence electrons. The molecule has 1 aromatic rings. The van der Waals surface area contributed by atoms with Gasteiger partial charge in [-0.05, 0) is 43.6 Å². The molecule has 1 fully saturated rings. The van der Waals surface area contributed by atoms with Crippen molar-refractivity contribution >= 4 is 5.82 Å². The average Bonchev–Trinajstić information content (AvgIpc) is 2.47. The van der Waals surface area contributed by atoms with E-state index in [1.165, 1.54) is 12.0 Å². The molecule has 1 saturated heterocycles. The Balaban J connectivity index is 1.97. The molecule has 2 rings (SSSR count). The van der Waals surface area contributed by atoms with Gasteiger partial charge in [-0.25, -0.2) is 4.98 Å². The van der Waals surface area contributed by atoms with Crippen molar-refractivity contribution in [3.63, 3.8) is 0 Å². The van der Waals surface area contributed by atoms with Crippen LogP contribution < -0.4 is 10.2 Å². The van der Waals surface area contributed by atoms with Crippen LogP contribution in [0.4, 0.5) is 5.82 Å². The fourth-order valence-corrected chi connectivity index (χ4v) is 2.84. The summed E-state index contributed by atoms with van der Waals surface area (Å²) in [5.41, 5.74) is 1.33. The SMILES string of the molecule is CCC1CN(c2cc(CNCC(C)C)ccn2)CCN1C. The van der Waals surface area contributed by atoms with Gasteiger partial charge in [0.1, 0.15) is 5.82 Å². The predicted octanol–water partition coefficient (Wildman–Crippen LogP) is 2.36. The average molecular weight is 290 g/mol. The maximum absolute atomic E-state index is 4.58. The Hall–Kier alpha value is -1.13. The maximum Gasteiger partial charge on any atom is 0.128 e. The van der Waals surface area contributed by atoms with Crippen LogP contribution in [0.5, 0.6) is 0 Å². The highest BCUT2D eigenvalue weighted by Crippen LogP contribution is 2.18.